The number of rotatable bonds is 9. The minimum atomic E-state index is 0.0911. The molecule has 0 saturated carbocycles. The zero-order chi connectivity index (χ0) is 12.4. The van der Waals surface area contributed by atoms with Gasteiger partial charge in [-0.2, -0.15) is 0 Å². The maximum Gasteiger partial charge on any atom is 0.222 e. The molecule has 0 aliphatic rings. The van der Waals surface area contributed by atoms with Crippen LogP contribution in [0.25, 0.3) is 0 Å². The summed E-state index contributed by atoms with van der Waals surface area (Å²) < 4.78 is 0. The van der Waals surface area contributed by atoms with Crippen LogP contribution in [0.4, 0.5) is 0 Å². The van der Waals surface area contributed by atoms with E-state index in [2.05, 4.69) is 22.6 Å². The van der Waals surface area contributed by atoms with Gasteiger partial charge in [0, 0.05) is 12.5 Å². The average Bonchev–Trinajstić information content (AvgIpc) is 2.24. The van der Waals surface area contributed by atoms with Gasteiger partial charge < -0.3 is 15.5 Å². The standard InChI is InChI=1S/C12H27N3O/c1-11(2)12(16)14-8-6-10-15(4)9-5-7-13-3/h11,13H,5-10H2,1-4H3,(H,14,16). The molecule has 0 spiro atoms. The molecular formula is C12H27N3O. The minimum absolute atomic E-state index is 0.0911. The Hall–Kier alpha value is -0.610. The summed E-state index contributed by atoms with van der Waals surface area (Å²) in [5.41, 5.74) is 0. The lowest BCUT2D eigenvalue weighted by Crippen LogP contribution is -2.31. The van der Waals surface area contributed by atoms with Gasteiger partial charge in [-0.25, -0.2) is 0 Å². The maximum atomic E-state index is 11.3. The average molecular weight is 229 g/mol. The highest BCUT2D eigenvalue weighted by molar-refractivity contribution is 5.77. The topological polar surface area (TPSA) is 44.4 Å². The van der Waals surface area contributed by atoms with E-state index in [-0.39, 0.29) is 11.8 Å². The summed E-state index contributed by atoms with van der Waals surface area (Å²) in [6.07, 6.45) is 2.19. The summed E-state index contributed by atoms with van der Waals surface area (Å²) in [5.74, 6) is 0.242. The molecule has 0 aromatic carbocycles. The number of amides is 1. The normalized spacial score (nSPS) is 11.1. The van der Waals surface area contributed by atoms with Gasteiger partial charge in [0.25, 0.3) is 0 Å². The van der Waals surface area contributed by atoms with Crippen molar-refractivity contribution in [2.45, 2.75) is 26.7 Å². The van der Waals surface area contributed by atoms with Crippen LogP contribution in [0.3, 0.4) is 0 Å². The highest BCUT2D eigenvalue weighted by Crippen LogP contribution is 1.92. The molecule has 0 aromatic rings. The molecule has 0 aliphatic carbocycles. The molecule has 0 atom stereocenters. The molecule has 0 aliphatic heterocycles. The van der Waals surface area contributed by atoms with Crippen molar-refractivity contribution in [1.29, 1.82) is 0 Å². The van der Waals surface area contributed by atoms with E-state index in [0.717, 1.165) is 32.6 Å². The van der Waals surface area contributed by atoms with Crippen LogP contribution in [-0.4, -0.2) is 51.1 Å². The van der Waals surface area contributed by atoms with Gasteiger partial charge >= 0.3 is 0 Å². The Bertz CT molecular complexity index is 183. The molecule has 4 heteroatoms. The Kier molecular flexibility index (Phi) is 9.24. The first-order valence-electron chi connectivity index (χ1n) is 6.18. The number of carbonyl (C=O) groups is 1. The highest BCUT2D eigenvalue weighted by atomic mass is 16.1. The van der Waals surface area contributed by atoms with E-state index >= 15 is 0 Å². The van der Waals surface area contributed by atoms with E-state index < -0.39 is 0 Å². The highest BCUT2D eigenvalue weighted by Gasteiger charge is 2.05. The van der Waals surface area contributed by atoms with E-state index in [1.165, 1.54) is 6.42 Å². The molecule has 0 saturated heterocycles. The SMILES string of the molecule is CNCCCN(C)CCCNC(=O)C(C)C. The summed E-state index contributed by atoms with van der Waals surface area (Å²) in [7, 11) is 4.10. The van der Waals surface area contributed by atoms with E-state index in [1.54, 1.807) is 0 Å². The van der Waals surface area contributed by atoms with Gasteiger partial charge in [0.05, 0.1) is 0 Å². The van der Waals surface area contributed by atoms with Crippen LogP contribution in [0.1, 0.15) is 26.7 Å². The van der Waals surface area contributed by atoms with Gasteiger partial charge in [0.15, 0.2) is 0 Å². The molecule has 0 heterocycles. The van der Waals surface area contributed by atoms with Crippen LogP contribution < -0.4 is 10.6 Å². The Morgan fingerprint density at radius 1 is 1.19 bits per heavy atom. The van der Waals surface area contributed by atoms with Gasteiger partial charge in [-0.15, -0.1) is 0 Å². The van der Waals surface area contributed by atoms with Crippen LogP contribution in [0, 0.1) is 5.92 Å². The molecule has 2 N–H and O–H groups in total. The molecule has 0 unspecified atom stereocenters. The predicted molar refractivity (Wildman–Crippen MR) is 68.5 cm³/mol. The van der Waals surface area contributed by atoms with Crippen LogP contribution >= 0.6 is 0 Å². The van der Waals surface area contributed by atoms with Gasteiger partial charge in [0.2, 0.25) is 5.91 Å². The maximum absolute atomic E-state index is 11.3. The molecule has 16 heavy (non-hydrogen) atoms. The summed E-state index contributed by atoms with van der Waals surface area (Å²) >= 11 is 0. The molecule has 0 radical (unpaired) electrons. The summed E-state index contributed by atoms with van der Waals surface area (Å²) in [6.45, 7) is 7.83. The second kappa shape index (κ2) is 9.60. The third-order valence-electron chi connectivity index (χ3n) is 2.51. The molecule has 0 rings (SSSR count). The zero-order valence-electron chi connectivity index (χ0n) is 11.2. The van der Waals surface area contributed by atoms with Gasteiger partial charge in [-0.3, -0.25) is 4.79 Å². The quantitative estimate of drug-likeness (QED) is 0.572. The lowest BCUT2D eigenvalue weighted by molar-refractivity contribution is -0.123. The van der Waals surface area contributed by atoms with Crippen molar-refractivity contribution < 1.29 is 4.79 Å². The van der Waals surface area contributed by atoms with Gasteiger partial charge in [-0.1, -0.05) is 13.8 Å². The number of hydrogen-bond acceptors (Lipinski definition) is 3. The van der Waals surface area contributed by atoms with Crippen LogP contribution in [0.15, 0.2) is 0 Å². The first-order valence-corrected chi connectivity index (χ1v) is 6.18. The lowest BCUT2D eigenvalue weighted by Gasteiger charge is -2.16. The van der Waals surface area contributed by atoms with Crippen molar-refractivity contribution in [3.63, 3.8) is 0 Å². The second-order valence-electron chi connectivity index (χ2n) is 4.56. The summed E-state index contributed by atoms with van der Waals surface area (Å²) in [5, 5.41) is 6.06. The van der Waals surface area contributed by atoms with Crippen LogP contribution in [0.5, 0.6) is 0 Å². The Balaban J connectivity index is 3.33. The van der Waals surface area contributed by atoms with Crippen molar-refractivity contribution in [1.82, 2.24) is 15.5 Å². The molecule has 96 valence electrons. The largest absolute Gasteiger partial charge is 0.356 e. The van der Waals surface area contributed by atoms with Crippen molar-refractivity contribution in [3.05, 3.63) is 0 Å². The Morgan fingerprint density at radius 3 is 2.25 bits per heavy atom. The van der Waals surface area contributed by atoms with Crippen molar-refractivity contribution in [3.8, 4) is 0 Å². The summed E-state index contributed by atoms with van der Waals surface area (Å²) in [6, 6.07) is 0. The molecular weight excluding hydrogens is 202 g/mol. The Morgan fingerprint density at radius 2 is 1.75 bits per heavy atom. The lowest BCUT2D eigenvalue weighted by atomic mass is 10.2. The first kappa shape index (κ1) is 15.4. The van der Waals surface area contributed by atoms with Gasteiger partial charge in [0.1, 0.15) is 0 Å². The number of hydrogen-bond donors (Lipinski definition) is 2. The fourth-order valence-electron chi connectivity index (χ4n) is 1.40. The van der Waals surface area contributed by atoms with Crippen LogP contribution in [0.2, 0.25) is 0 Å². The van der Waals surface area contributed by atoms with E-state index in [9.17, 15) is 4.79 Å². The minimum Gasteiger partial charge on any atom is -0.356 e. The number of carbonyl (C=O) groups excluding carboxylic acids is 1. The second-order valence-corrected chi connectivity index (χ2v) is 4.56. The van der Waals surface area contributed by atoms with E-state index in [0.29, 0.717) is 0 Å². The third kappa shape index (κ3) is 8.68. The fourth-order valence-corrected chi connectivity index (χ4v) is 1.40. The smallest absolute Gasteiger partial charge is 0.222 e. The first-order chi connectivity index (χ1) is 7.57. The summed E-state index contributed by atoms with van der Waals surface area (Å²) in [4.78, 5) is 13.6. The van der Waals surface area contributed by atoms with Crippen molar-refractivity contribution >= 4 is 5.91 Å². The molecule has 1 amide bonds. The Labute approximate surface area is 99.8 Å². The monoisotopic (exact) mass is 229 g/mol. The molecule has 4 nitrogen and oxygen atoms in total. The van der Waals surface area contributed by atoms with E-state index in [4.69, 9.17) is 0 Å². The molecule has 0 bridgehead atoms. The zero-order valence-corrected chi connectivity index (χ0v) is 11.2. The molecule has 0 aromatic heterocycles. The number of nitrogens with zero attached hydrogens (tertiary/aromatic N) is 1. The van der Waals surface area contributed by atoms with E-state index in [1.807, 2.05) is 20.9 Å². The van der Waals surface area contributed by atoms with Crippen LogP contribution in [-0.2, 0) is 4.79 Å². The predicted octanol–water partition coefficient (Wildman–Crippen LogP) is 0.690. The van der Waals surface area contributed by atoms with Gasteiger partial charge in [-0.05, 0) is 46.6 Å². The third-order valence-corrected chi connectivity index (χ3v) is 2.51. The number of nitrogens with one attached hydrogen (secondary N) is 2. The fraction of sp³-hybridized carbons (Fsp3) is 0.917. The van der Waals surface area contributed by atoms with Crippen molar-refractivity contribution in [2.75, 3.05) is 40.3 Å². The molecule has 0 fully saturated rings. The van der Waals surface area contributed by atoms with Crippen molar-refractivity contribution in [2.24, 2.45) is 5.92 Å².